The number of nitrogens with two attached hydrogens (primary N) is 1. The third-order valence-electron chi connectivity index (χ3n) is 4.18. The van der Waals surface area contributed by atoms with Crippen molar-refractivity contribution in [1.29, 1.82) is 0 Å². The summed E-state index contributed by atoms with van der Waals surface area (Å²) in [6, 6.07) is 11.1. The molecule has 2 N–H and O–H groups in total. The predicted octanol–water partition coefficient (Wildman–Crippen LogP) is 2.86. The van der Waals surface area contributed by atoms with E-state index >= 15 is 0 Å². The van der Waals surface area contributed by atoms with Crippen LogP contribution in [0.2, 0.25) is 0 Å². The summed E-state index contributed by atoms with van der Waals surface area (Å²) in [6.45, 7) is 2.67. The zero-order valence-electron chi connectivity index (χ0n) is 15.5. The second kappa shape index (κ2) is 9.79. The highest BCUT2D eigenvalue weighted by atomic mass is 16.5. The van der Waals surface area contributed by atoms with Gasteiger partial charge in [0.1, 0.15) is 12.0 Å². The number of rotatable bonds is 10. The first-order valence-corrected chi connectivity index (χ1v) is 8.40. The maximum Gasteiger partial charge on any atom is 0.150 e. The van der Waals surface area contributed by atoms with E-state index in [0.29, 0.717) is 30.2 Å². The normalized spacial score (nSPS) is 10.6. The van der Waals surface area contributed by atoms with E-state index in [2.05, 4.69) is 4.90 Å². The molecule has 2 rings (SSSR count). The molecule has 0 aliphatic heterocycles. The molecule has 2 aromatic rings. The Labute approximate surface area is 154 Å². The number of hydrogen-bond donors (Lipinski definition) is 1. The summed E-state index contributed by atoms with van der Waals surface area (Å²) in [6.07, 6.45) is 0.812. The Balaban J connectivity index is 2.47. The summed E-state index contributed by atoms with van der Waals surface area (Å²) in [5.74, 6) is 0.666. The van der Waals surface area contributed by atoms with Gasteiger partial charge in [0.05, 0.1) is 20.3 Å². The van der Waals surface area contributed by atoms with Crippen LogP contribution in [0.15, 0.2) is 36.4 Å². The highest BCUT2D eigenvalue weighted by molar-refractivity contribution is 5.87. The van der Waals surface area contributed by atoms with Gasteiger partial charge in [-0.15, -0.1) is 0 Å². The van der Waals surface area contributed by atoms with E-state index in [1.165, 1.54) is 0 Å². The molecule has 0 fully saturated rings. The minimum atomic E-state index is 0.571. The highest BCUT2D eigenvalue weighted by Gasteiger charge is 2.14. The smallest absolute Gasteiger partial charge is 0.150 e. The highest BCUT2D eigenvalue weighted by Crippen LogP contribution is 2.36. The Bertz CT molecular complexity index is 726. The molecule has 6 heteroatoms. The molecular formula is C20H26N2O4. The lowest BCUT2D eigenvalue weighted by Gasteiger charge is -2.25. The van der Waals surface area contributed by atoms with Crippen LogP contribution in [0.5, 0.6) is 5.75 Å². The molecule has 2 aromatic carbocycles. The molecule has 0 aliphatic rings. The standard InChI is InChI=1S/C20H26N2O4/c1-24-10-8-22(9-11-25-2)16-5-6-19(21)17(13-16)18-12-15(14-23)4-7-20(18)26-3/h4-7,12-14H,8-11,21H2,1-3H3. The van der Waals surface area contributed by atoms with Crippen molar-refractivity contribution in [2.75, 3.05) is 58.3 Å². The van der Waals surface area contributed by atoms with Gasteiger partial charge in [0.15, 0.2) is 0 Å². The lowest BCUT2D eigenvalue weighted by molar-refractivity contribution is 0.112. The quantitative estimate of drug-likeness (QED) is 0.520. The fourth-order valence-corrected chi connectivity index (χ4v) is 2.76. The number of nitrogen functional groups attached to an aromatic ring is 1. The molecule has 6 nitrogen and oxygen atoms in total. The van der Waals surface area contributed by atoms with Gasteiger partial charge in [-0.05, 0) is 36.4 Å². The number of methoxy groups -OCH3 is 3. The number of ether oxygens (including phenoxy) is 3. The summed E-state index contributed by atoms with van der Waals surface area (Å²) in [4.78, 5) is 13.4. The van der Waals surface area contributed by atoms with Gasteiger partial charge < -0.3 is 24.8 Å². The SMILES string of the molecule is COCCN(CCOC)c1ccc(N)c(-c2cc(C=O)ccc2OC)c1. The van der Waals surface area contributed by atoms with E-state index in [1.807, 2.05) is 18.2 Å². The third-order valence-corrected chi connectivity index (χ3v) is 4.18. The lowest BCUT2D eigenvalue weighted by atomic mass is 9.99. The van der Waals surface area contributed by atoms with Crippen molar-refractivity contribution < 1.29 is 19.0 Å². The number of benzene rings is 2. The van der Waals surface area contributed by atoms with Gasteiger partial charge >= 0.3 is 0 Å². The Kier molecular flexibility index (Phi) is 7.44. The van der Waals surface area contributed by atoms with Gasteiger partial charge in [-0.25, -0.2) is 0 Å². The maximum absolute atomic E-state index is 11.2. The van der Waals surface area contributed by atoms with Crippen LogP contribution in [0.25, 0.3) is 11.1 Å². The molecule has 0 saturated carbocycles. The molecule has 0 unspecified atom stereocenters. The molecule has 0 amide bonds. The molecule has 0 atom stereocenters. The van der Waals surface area contributed by atoms with Crippen molar-refractivity contribution in [2.24, 2.45) is 0 Å². The number of anilines is 2. The fraction of sp³-hybridized carbons (Fsp3) is 0.350. The Morgan fingerprint density at radius 3 is 2.23 bits per heavy atom. The van der Waals surface area contributed by atoms with Gasteiger partial charge in [-0.1, -0.05) is 0 Å². The Morgan fingerprint density at radius 2 is 1.65 bits per heavy atom. The van der Waals surface area contributed by atoms with Crippen molar-refractivity contribution in [3.63, 3.8) is 0 Å². The first-order valence-electron chi connectivity index (χ1n) is 8.40. The van der Waals surface area contributed by atoms with Crippen molar-refractivity contribution in [2.45, 2.75) is 0 Å². The summed E-state index contributed by atoms with van der Waals surface area (Å²) in [5.41, 5.74) is 10.0. The maximum atomic E-state index is 11.2. The Hall–Kier alpha value is -2.57. The second-order valence-corrected chi connectivity index (χ2v) is 5.82. The molecule has 0 aliphatic carbocycles. The van der Waals surface area contributed by atoms with Gasteiger partial charge in [-0.3, -0.25) is 4.79 Å². The van der Waals surface area contributed by atoms with E-state index in [1.54, 1.807) is 39.5 Å². The number of carbonyl (C=O) groups is 1. The molecule has 140 valence electrons. The summed E-state index contributed by atoms with van der Waals surface area (Å²) >= 11 is 0. The van der Waals surface area contributed by atoms with Crippen LogP contribution in [-0.2, 0) is 9.47 Å². The fourth-order valence-electron chi connectivity index (χ4n) is 2.76. The van der Waals surface area contributed by atoms with E-state index < -0.39 is 0 Å². The number of nitrogens with zero attached hydrogens (tertiary/aromatic N) is 1. The molecule has 26 heavy (non-hydrogen) atoms. The van der Waals surface area contributed by atoms with E-state index in [0.717, 1.165) is 36.2 Å². The molecule has 0 bridgehead atoms. The van der Waals surface area contributed by atoms with Crippen molar-refractivity contribution >= 4 is 17.7 Å². The first kappa shape index (κ1) is 19.8. The summed E-state index contributed by atoms with van der Waals surface area (Å²) < 4.78 is 15.9. The van der Waals surface area contributed by atoms with Gasteiger partial charge in [-0.2, -0.15) is 0 Å². The van der Waals surface area contributed by atoms with Crippen molar-refractivity contribution in [3.05, 3.63) is 42.0 Å². The third kappa shape index (κ3) is 4.74. The first-order chi connectivity index (χ1) is 12.6. The minimum absolute atomic E-state index is 0.571. The van der Waals surface area contributed by atoms with Crippen LogP contribution >= 0.6 is 0 Å². The van der Waals surface area contributed by atoms with Crippen LogP contribution in [0, 0.1) is 0 Å². The minimum Gasteiger partial charge on any atom is -0.496 e. The van der Waals surface area contributed by atoms with Gasteiger partial charge in [0, 0.05) is 55.4 Å². The molecule has 0 saturated heterocycles. The monoisotopic (exact) mass is 358 g/mol. The van der Waals surface area contributed by atoms with Crippen molar-refractivity contribution in [3.8, 4) is 16.9 Å². The van der Waals surface area contributed by atoms with Gasteiger partial charge in [0.2, 0.25) is 0 Å². The van der Waals surface area contributed by atoms with Crippen molar-refractivity contribution in [1.82, 2.24) is 0 Å². The van der Waals surface area contributed by atoms with E-state index in [4.69, 9.17) is 19.9 Å². The van der Waals surface area contributed by atoms with Crippen LogP contribution < -0.4 is 15.4 Å². The van der Waals surface area contributed by atoms with E-state index in [9.17, 15) is 4.79 Å². The molecular weight excluding hydrogens is 332 g/mol. The zero-order chi connectivity index (χ0) is 18.9. The molecule has 0 radical (unpaired) electrons. The van der Waals surface area contributed by atoms with Crippen LogP contribution in [0.3, 0.4) is 0 Å². The number of aldehydes is 1. The molecule has 0 aromatic heterocycles. The number of carbonyl (C=O) groups excluding carboxylic acids is 1. The molecule has 0 spiro atoms. The topological polar surface area (TPSA) is 74.0 Å². The molecule has 0 heterocycles. The van der Waals surface area contributed by atoms with Gasteiger partial charge in [0.25, 0.3) is 0 Å². The summed E-state index contributed by atoms with van der Waals surface area (Å²) in [5, 5.41) is 0. The van der Waals surface area contributed by atoms with E-state index in [-0.39, 0.29) is 0 Å². The van der Waals surface area contributed by atoms with Crippen LogP contribution in [0.4, 0.5) is 11.4 Å². The largest absolute Gasteiger partial charge is 0.496 e. The Morgan fingerprint density at radius 1 is 0.962 bits per heavy atom. The lowest BCUT2D eigenvalue weighted by Crippen LogP contribution is -2.30. The average Bonchev–Trinajstić information content (AvgIpc) is 2.68. The predicted molar refractivity (Wildman–Crippen MR) is 104 cm³/mol. The summed E-state index contributed by atoms with van der Waals surface area (Å²) in [7, 11) is 4.96. The average molecular weight is 358 g/mol. The number of hydrogen-bond acceptors (Lipinski definition) is 6. The van der Waals surface area contributed by atoms with Crippen LogP contribution in [-0.4, -0.2) is 53.9 Å². The second-order valence-electron chi connectivity index (χ2n) is 5.82. The van der Waals surface area contributed by atoms with Crippen LogP contribution in [0.1, 0.15) is 10.4 Å². The zero-order valence-corrected chi connectivity index (χ0v) is 15.5.